The second kappa shape index (κ2) is 7.91. The molecule has 3 N–H and O–H groups in total. The number of benzene rings is 1. The number of hydrogen-bond donors (Lipinski definition) is 3. The fraction of sp³-hybridized carbons (Fsp3) is 0.375. The van der Waals surface area contributed by atoms with E-state index >= 15 is 0 Å². The number of urea groups is 1. The first-order valence-electron chi connectivity index (χ1n) is 7.22. The molecule has 6 heteroatoms. The second-order valence-electron chi connectivity index (χ2n) is 5.04. The lowest BCUT2D eigenvalue weighted by Crippen LogP contribution is -2.36. The molecular formula is C16H21N3O2S. The van der Waals surface area contributed by atoms with E-state index in [4.69, 9.17) is 0 Å². The molecule has 2 aromatic rings. The summed E-state index contributed by atoms with van der Waals surface area (Å²) < 4.78 is 0. The van der Waals surface area contributed by atoms with Crippen molar-refractivity contribution in [3.8, 4) is 0 Å². The Kier molecular flexibility index (Phi) is 5.91. The van der Waals surface area contributed by atoms with Crippen molar-refractivity contribution in [2.45, 2.75) is 33.4 Å². The Labute approximate surface area is 134 Å². The van der Waals surface area contributed by atoms with Crippen LogP contribution in [0, 0.1) is 13.8 Å². The van der Waals surface area contributed by atoms with E-state index in [9.17, 15) is 9.90 Å². The van der Waals surface area contributed by atoms with Crippen molar-refractivity contribution >= 4 is 17.4 Å². The van der Waals surface area contributed by atoms with Crippen molar-refractivity contribution in [3.05, 3.63) is 51.0 Å². The Morgan fingerprint density at radius 1 is 1.23 bits per heavy atom. The number of nitrogens with one attached hydrogen (secondary N) is 2. The van der Waals surface area contributed by atoms with E-state index in [1.54, 1.807) is 11.3 Å². The van der Waals surface area contributed by atoms with Gasteiger partial charge < -0.3 is 15.7 Å². The van der Waals surface area contributed by atoms with Crippen LogP contribution < -0.4 is 10.6 Å². The third kappa shape index (κ3) is 4.54. The zero-order valence-electron chi connectivity index (χ0n) is 12.8. The molecule has 1 heterocycles. The van der Waals surface area contributed by atoms with Gasteiger partial charge in [-0.15, -0.1) is 11.3 Å². The van der Waals surface area contributed by atoms with Crippen LogP contribution in [0.15, 0.2) is 24.3 Å². The first kappa shape index (κ1) is 16.5. The van der Waals surface area contributed by atoms with Crippen LogP contribution >= 0.6 is 11.3 Å². The lowest BCUT2D eigenvalue weighted by atomic mass is 10.1. The summed E-state index contributed by atoms with van der Waals surface area (Å²) in [5, 5.41) is 15.9. The molecule has 2 rings (SSSR count). The molecule has 22 heavy (non-hydrogen) atoms. The number of aliphatic hydroxyl groups is 1. The van der Waals surface area contributed by atoms with Gasteiger partial charge in [0.05, 0.1) is 17.3 Å². The molecule has 5 nitrogen and oxygen atoms in total. The van der Waals surface area contributed by atoms with Gasteiger partial charge in [0.1, 0.15) is 0 Å². The highest BCUT2D eigenvalue weighted by Gasteiger charge is 2.06. The summed E-state index contributed by atoms with van der Waals surface area (Å²) in [6.45, 7) is 4.98. The van der Waals surface area contributed by atoms with Gasteiger partial charge in [-0.05, 0) is 25.0 Å². The summed E-state index contributed by atoms with van der Waals surface area (Å²) in [6.07, 6.45) is 0.736. The van der Waals surface area contributed by atoms with E-state index in [0.717, 1.165) is 28.2 Å². The minimum atomic E-state index is -0.210. The van der Waals surface area contributed by atoms with Crippen molar-refractivity contribution in [2.24, 2.45) is 0 Å². The largest absolute Gasteiger partial charge is 0.392 e. The van der Waals surface area contributed by atoms with Gasteiger partial charge in [0, 0.05) is 24.4 Å². The lowest BCUT2D eigenvalue weighted by molar-refractivity contribution is 0.240. The molecule has 2 amide bonds. The van der Waals surface area contributed by atoms with Crippen LogP contribution in [0.4, 0.5) is 4.79 Å². The molecule has 1 aromatic carbocycles. The number of rotatable bonds is 6. The van der Waals surface area contributed by atoms with Crippen LogP contribution in [0.2, 0.25) is 0 Å². The number of carbonyl (C=O) groups excluding carboxylic acids is 1. The van der Waals surface area contributed by atoms with Crippen molar-refractivity contribution < 1.29 is 9.90 Å². The number of hydrogen-bond acceptors (Lipinski definition) is 4. The van der Waals surface area contributed by atoms with Gasteiger partial charge in [-0.3, -0.25) is 0 Å². The number of aromatic nitrogens is 1. The molecule has 0 aliphatic heterocycles. The molecule has 0 saturated heterocycles. The molecule has 118 valence electrons. The number of thiazole rings is 1. The van der Waals surface area contributed by atoms with E-state index in [-0.39, 0.29) is 12.6 Å². The maximum Gasteiger partial charge on any atom is 0.315 e. The van der Waals surface area contributed by atoms with Gasteiger partial charge in [0.25, 0.3) is 0 Å². The van der Waals surface area contributed by atoms with Gasteiger partial charge in [-0.2, -0.15) is 0 Å². The average Bonchev–Trinajstić information content (AvgIpc) is 2.84. The normalized spacial score (nSPS) is 10.5. The maximum atomic E-state index is 11.8. The Morgan fingerprint density at radius 2 is 1.95 bits per heavy atom. The van der Waals surface area contributed by atoms with E-state index in [2.05, 4.69) is 22.5 Å². The Morgan fingerprint density at radius 3 is 2.59 bits per heavy atom. The molecule has 0 fully saturated rings. The molecule has 0 aliphatic carbocycles. The highest BCUT2D eigenvalue weighted by Crippen LogP contribution is 2.16. The van der Waals surface area contributed by atoms with E-state index in [1.807, 2.05) is 31.2 Å². The standard InChI is InChI=1S/C16H21N3O2S/c1-11-12(2)22-15(19-11)7-8-17-16(21)18-9-13-5-3-4-6-14(13)10-20/h3-6,20H,7-10H2,1-2H3,(H2,17,18,21). The predicted octanol–water partition coefficient (Wildman–Crippen LogP) is 2.29. The fourth-order valence-electron chi connectivity index (χ4n) is 2.05. The van der Waals surface area contributed by atoms with Crippen LogP contribution in [-0.4, -0.2) is 22.7 Å². The molecule has 0 saturated carbocycles. The second-order valence-corrected chi connectivity index (χ2v) is 6.32. The predicted molar refractivity (Wildman–Crippen MR) is 87.9 cm³/mol. The first-order chi connectivity index (χ1) is 10.6. The molecule has 1 aromatic heterocycles. The summed E-state index contributed by atoms with van der Waals surface area (Å²) in [5.74, 6) is 0. The highest BCUT2D eigenvalue weighted by atomic mass is 32.1. The van der Waals surface area contributed by atoms with Crippen molar-refractivity contribution in [1.82, 2.24) is 15.6 Å². The lowest BCUT2D eigenvalue weighted by Gasteiger charge is -2.09. The maximum absolute atomic E-state index is 11.8. The molecule has 0 spiro atoms. The number of amides is 2. The number of aliphatic hydroxyl groups excluding tert-OH is 1. The van der Waals surface area contributed by atoms with Crippen molar-refractivity contribution in [2.75, 3.05) is 6.54 Å². The third-order valence-electron chi connectivity index (χ3n) is 3.43. The topological polar surface area (TPSA) is 74.2 Å². The Bertz CT molecular complexity index is 621. The van der Waals surface area contributed by atoms with E-state index in [0.29, 0.717) is 13.1 Å². The van der Waals surface area contributed by atoms with Crippen LogP contribution in [0.25, 0.3) is 0 Å². The van der Waals surface area contributed by atoms with Crippen LogP contribution in [0.5, 0.6) is 0 Å². The smallest absolute Gasteiger partial charge is 0.315 e. The zero-order chi connectivity index (χ0) is 15.9. The third-order valence-corrected chi connectivity index (χ3v) is 4.56. The molecule has 0 atom stereocenters. The Hall–Kier alpha value is -1.92. The highest BCUT2D eigenvalue weighted by molar-refractivity contribution is 7.11. The SMILES string of the molecule is Cc1nc(CCNC(=O)NCc2ccccc2CO)sc1C. The minimum absolute atomic E-state index is 0.0256. The molecule has 0 aliphatic rings. The first-order valence-corrected chi connectivity index (χ1v) is 8.04. The van der Waals surface area contributed by atoms with E-state index < -0.39 is 0 Å². The molecule has 0 unspecified atom stereocenters. The van der Waals surface area contributed by atoms with Crippen LogP contribution in [0.1, 0.15) is 26.7 Å². The number of aryl methyl sites for hydroxylation is 2. The zero-order valence-corrected chi connectivity index (χ0v) is 13.7. The van der Waals surface area contributed by atoms with Gasteiger partial charge in [0.15, 0.2) is 0 Å². The molecule has 0 radical (unpaired) electrons. The molecule has 0 bridgehead atoms. The summed E-state index contributed by atoms with van der Waals surface area (Å²) in [7, 11) is 0. The Balaban J connectivity index is 1.74. The van der Waals surface area contributed by atoms with Crippen molar-refractivity contribution in [3.63, 3.8) is 0 Å². The number of carbonyl (C=O) groups is 1. The minimum Gasteiger partial charge on any atom is -0.392 e. The average molecular weight is 319 g/mol. The quantitative estimate of drug-likeness (QED) is 0.765. The summed E-state index contributed by atoms with van der Waals surface area (Å²) in [4.78, 5) is 17.4. The number of nitrogens with zero attached hydrogens (tertiary/aromatic N) is 1. The molecular weight excluding hydrogens is 298 g/mol. The summed E-state index contributed by atoms with van der Waals surface area (Å²) in [5.41, 5.74) is 2.81. The van der Waals surface area contributed by atoms with Crippen LogP contribution in [-0.2, 0) is 19.6 Å². The fourth-order valence-corrected chi connectivity index (χ4v) is 2.98. The van der Waals surface area contributed by atoms with Gasteiger partial charge >= 0.3 is 6.03 Å². The van der Waals surface area contributed by atoms with Gasteiger partial charge in [-0.25, -0.2) is 9.78 Å². The van der Waals surface area contributed by atoms with Crippen LogP contribution in [0.3, 0.4) is 0 Å². The summed E-state index contributed by atoms with van der Waals surface area (Å²) in [6, 6.07) is 7.29. The van der Waals surface area contributed by atoms with Gasteiger partial charge in [-0.1, -0.05) is 24.3 Å². The van der Waals surface area contributed by atoms with Gasteiger partial charge in [0.2, 0.25) is 0 Å². The summed E-state index contributed by atoms with van der Waals surface area (Å²) >= 11 is 1.67. The monoisotopic (exact) mass is 319 g/mol. The van der Waals surface area contributed by atoms with E-state index in [1.165, 1.54) is 4.88 Å². The van der Waals surface area contributed by atoms with Crippen molar-refractivity contribution in [1.29, 1.82) is 0 Å².